The second-order valence-corrected chi connectivity index (χ2v) is 3.31. The van der Waals surface area contributed by atoms with Crippen molar-refractivity contribution in [2.24, 2.45) is 0 Å². The fourth-order valence-corrected chi connectivity index (χ4v) is 1.93. The summed E-state index contributed by atoms with van der Waals surface area (Å²) in [6, 6.07) is 2.18. The maximum Gasteiger partial charge on any atom is 0.0867 e. The Bertz CT molecular complexity index is 175. The number of likely N-dealkylation sites (tertiary alicyclic amines) is 1. The molecular formula is C8H12N2O. The molecule has 0 N–H and O–H groups in total. The van der Waals surface area contributed by atoms with Crippen LogP contribution >= 0.6 is 0 Å². The van der Waals surface area contributed by atoms with Crippen molar-refractivity contribution in [3.8, 4) is 6.07 Å². The highest BCUT2D eigenvalue weighted by atomic mass is 16.5. The van der Waals surface area contributed by atoms with Crippen LogP contribution in [0.3, 0.4) is 0 Å². The standard InChI is InChI=1S/C8H12N2O/c9-3-4-10-5-7-1-2-8(6-10)11-7/h7-8H,1-2,4-6H2. The summed E-state index contributed by atoms with van der Waals surface area (Å²) in [5.41, 5.74) is 0. The van der Waals surface area contributed by atoms with E-state index in [0.29, 0.717) is 18.8 Å². The summed E-state index contributed by atoms with van der Waals surface area (Å²) in [6.45, 7) is 2.49. The molecule has 0 aromatic rings. The highest BCUT2D eigenvalue weighted by molar-refractivity contribution is 4.88. The van der Waals surface area contributed by atoms with Crippen LogP contribution in [0.4, 0.5) is 0 Å². The van der Waals surface area contributed by atoms with Gasteiger partial charge < -0.3 is 4.74 Å². The number of ether oxygens (including phenoxy) is 1. The van der Waals surface area contributed by atoms with E-state index >= 15 is 0 Å². The lowest BCUT2D eigenvalue weighted by molar-refractivity contribution is -0.0338. The van der Waals surface area contributed by atoms with Gasteiger partial charge in [0, 0.05) is 13.1 Å². The zero-order valence-electron chi connectivity index (χ0n) is 6.49. The second-order valence-electron chi connectivity index (χ2n) is 3.31. The van der Waals surface area contributed by atoms with Crippen molar-refractivity contribution >= 4 is 0 Å². The summed E-state index contributed by atoms with van der Waals surface area (Å²) in [7, 11) is 0. The van der Waals surface area contributed by atoms with Gasteiger partial charge >= 0.3 is 0 Å². The molecule has 60 valence electrons. The Hall–Kier alpha value is -0.590. The average Bonchev–Trinajstić information content (AvgIpc) is 2.32. The minimum Gasteiger partial charge on any atom is -0.372 e. The molecule has 2 rings (SSSR count). The molecule has 2 aliphatic heterocycles. The Balaban J connectivity index is 1.93. The van der Waals surface area contributed by atoms with E-state index in [2.05, 4.69) is 11.0 Å². The summed E-state index contributed by atoms with van der Waals surface area (Å²) < 4.78 is 5.62. The maximum atomic E-state index is 8.48. The van der Waals surface area contributed by atoms with Crippen LogP contribution in [0.25, 0.3) is 0 Å². The van der Waals surface area contributed by atoms with Gasteiger partial charge in [-0.3, -0.25) is 4.90 Å². The predicted octanol–water partition coefficient (Wildman–Crippen LogP) is 0.373. The highest BCUT2D eigenvalue weighted by Crippen LogP contribution is 2.25. The molecule has 0 aromatic heterocycles. The molecule has 2 fully saturated rings. The van der Waals surface area contributed by atoms with E-state index in [1.807, 2.05) is 0 Å². The van der Waals surface area contributed by atoms with Gasteiger partial charge in [0.05, 0.1) is 24.8 Å². The number of hydrogen-bond donors (Lipinski definition) is 0. The van der Waals surface area contributed by atoms with Gasteiger partial charge in [-0.05, 0) is 12.8 Å². The molecule has 3 nitrogen and oxygen atoms in total. The van der Waals surface area contributed by atoms with Crippen LogP contribution in [0.5, 0.6) is 0 Å². The fraction of sp³-hybridized carbons (Fsp3) is 0.875. The van der Waals surface area contributed by atoms with Crippen molar-refractivity contribution in [3.63, 3.8) is 0 Å². The zero-order valence-corrected chi connectivity index (χ0v) is 6.49. The van der Waals surface area contributed by atoms with E-state index in [1.54, 1.807) is 0 Å². The highest BCUT2D eigenvalue weighted by Gasteiger charge is 2.33. The van der Waals surface area contributed by atoms with E-state index in [4.69, 9.17) is 10.00 Å². The first kappa shape index (κ1) is 7.08. The van der Waals surface area contributed by atoms with E-state index in [1.165, 1.54) is 12.8 Å². The summed E-state index contributed by atoms with van der Waals surface area (Å²) in [6.07, 6.45) is 3.21. The van der Waals surface area contributed by atoms with Gasteiger partial charge in [0.15, 0.2) is 0 Å². The Morgan fingerprint density at radius 1 is 1.36 bits per heavy atom. The monoisotopic (exact) mass is 152 g/mol. The molecule has 3 heteroatoms. The molecule has 0 aliphatic carbocycles. The molecule has 2 aliphatic rings. The topological polar surface area (TPSA) is 36.3 Å². The predicted molar refractivity (Wildman–Crippen MR) is 39.9 cm³/mol. The first-order valence-electron chi connectivity index (χ1n) is 4.13. The Labute approximate surface area is 66.5 Å². The number of morpholine rings is 1. The summed E-state index contributed by atoms with van der Waals surface area (Å²) in [5.74, 6) is 0. The molecule has 2 saturated heterocycles. The van der Waals surface area contributed by atoms with E-state index in [9.17, 15) is 0 Å². The third kappa shape index (κ3) is 1.37. The van der Waals surface area contributed by atoms with E-state index < -0.39 is 0 Å². The van der Waals surface area contributed by atoms with Gasteiger partial charge in [0.1, 0.15) is 0 Å². The minimum absolute atomic E-state index is 0.419. The largest absolute Gasteiger partial charge is 0.372 e. The number of nitriles is 1. The van der Waals surface area contributed by atoms with Gasteiger partial charge in [-0.15, -0.1) is 0 Å². The molecular weight excluding hydrogens is 140 g/mol. The molecule has 0 spiro atoms. The first-order valence-corrected chi connectivity index (χ1v) is 4.13. The third-order valence-corrected chi connectivity index (χ3v) is 2.41. The molecule has 2 bridgehead atoms. The summed E-state index contributed by atoms with van der Waals surface area (Å²) >= 11 is 0. The van der Waals surface area contributed by atoms with Crippen molar-refractivity contribution in [2.45, 2.75) is 25.0 Å². The van der Waals surface area contributed by atoms with Crippen molar-refractivity contribution in [1.82, 2.24) is 4.90 Å². The Kier molecular flexibility index (Phi) is 1.80. The smallest absolute Gasteiger partial charge is 0.0867 e. The number of hydrogen-bond acceptors (Lipinski definition) is 3. The Morgan fingerprint density at radius 2 is 2.00 bits per heavy atom. The van der Waals surface area contributed by atoms with Crippen LogP contribution in [0.15, 0.2) is 0 Å². The summed E-state index contributed by atoms with van der Waals surface area (Å²) in [5, 5.41) is 8.48. The lowest BCUT2D eigenvalue weighted by Crippen LogP contribution is -2.42. The minimum atomic E-state index is 0.419. The number of rotatable bonds is 1. The molecule has 0 saturated carbocycles. The van der Waals surface area contributed by atoms with Gasteiger partial charge in [-0.2, -0.15) is 5.26 Å². The SMILES string of the molecule is N#CCN1CC2CCC(C1)O2. The van der Waals surface area contributed by atoms with E-state index in [-0.39, 0.29) is 0 Å². The van der Waals surface area contributed by atoms with Crippen molar-refractivity contribution in [3.05, 3.63) is 0 Å². The molecule has 0 radical (unpaired) electrons. The molecule has 2 atom stereocenters. The molecule has 2 unspecified atom stereocenters. The van der Waals surface area contributed by atoms with Crippen molar-refractivity contribution < 1.29 is 4.74 Å². The van der Waals surface area contributed by atoms with Gasteiger partial charge in [-0.25, -0.2) is 0 Å². The molecule has 0 aromatic carbocycles. The Morgan fingerprint density at radius 3 is 2.55 bits per heavy atom. The van der Waals surface area contributed by atoms with Crippen LogP contribution in [-0.4, -0.2) is 36.7 Å². The second kappa shape index (κ2) is 2.80. The third-order valence-electron chi connectivity index (χ3n) is 2.41. The maximum absolute atomic E-state index is 8.48. The van der Waals surface area contributed by atoms with Crippen LogP contribution in [-0.2, 0) is 4.74 Å². The first-order chi connectivity index (χ1) is 5.38. The van der Waals surface area contributed by atoms with Crippen molar-refractivity contribution in [2.75, 3.05) is 19.6 Å². The van der Waals surface area contributed by atoms with Crippen LogP contribution in [0.2, 0.25) is 0 Å². The average molecular weight is 152 g/mol. The van der Waals surface area contributed by atoms with Crippen molar-refractivity contribution in [1.29, 1.82) is 5.26 Å². The number of fused-ring (bicyclic) bond motifs is 2. The lowest BCUT2D eigenvalue weighted by Gasteiger charge is -2.29. The quantitative estimate of drug-likeness (QED) is 0.509. The van der Waals surface area contributed by atoms with Gasteiger partial charge in [-0.1, -0.05) is 0 Å². The number of nitrogens with zero attached hydrogens (tertiary/aromatic N) is 2. The van der Waals surface area contributed by atoms with Crippen LogP contribution in [0, 0.1) is 11.3 Å². The summed E-state index contributed by atoms with van der Waals surface area (Å²) in [4.78, 5) is 2.19. The molecule has 2 heterocycles. The molecule has 11 heavy (non-hydrogen) atoms. The fourth-order valence-electron chi connectivity index (χ4n) is 1.93. The van der Waals surface area contributed by atoms with Crippen LogP contribution < -0.4 is 0 Å². The van der Waals surface area contributed by atoms with Crippen LogP contribution in [0.1, 0.15) is 12.8 Å². The molecule has 0 amide bonds. The zero-order chi connectivity index (χ0) is 7.68. The van der Waals surface area contributed by atoms with E-state index in [0.717, 1.165) is 13.1 Å². The lowest BCUT2D eigenvalue weighted by atomic mass is 10.2. The normalized spacial score (nSPS) is 37.0. The van der Waals surface area contributed by atoms with Gasteiger partial charge in [0.25, 0.3) is 0 Å². The van der Waals surface area contributed by atoms with Gasteiger partial charge in [0.2, 0.25) is 0 Å².